The van der Waals surface area contributed by atoms with E-state index in [1.54, 1.807) is 0 Å². The van der Waals surface area contributed by atoms with Gasteiger partial charge in [0, 0.05) is 57.3 Å². The minimum absolute atomic E-state index is 0.502. The van der Waals surface area contributed by atoms with E-state index in [2.05, 4.69) is 188 Å². The maximum Gasteiger partial charge on any atom is 0.0536 e. The predicted octanol–water partition coefficient (Wildman–Crippen LogP) is 15.0. The molecule has 52 heavy (non-hydrogen) atoms. The smallest absolute Gasteiger partial charge is 0.0536 e. The molecule has 3 heteroatoms. The summed E-state index contributed by atoms with van der Waals surface area (Å²) in [5, 5.41) is 5.23. The number of fused-ring (bicyclic) bond motifs is 7. The lowest BCUT2D eigenvalue weighted by Crippen LogP contribution is -2.13. The van der Waals surface area contributed by atoms with Crippen molar-refractivity contribution in [1.82, 2.24) is 0 Å². The molecule has 1 nitrogen and oxygen atoms in total. The SMILES string of the molecule is CC1CC=Cc2c1cccc2N(c1ccccc1)c1ccc2sc3cc(/C(=C/c4ccccc4)c4ccc5sc6ccccc6c5c4)ccc3c2c1. The number of hydrogen-bond donors (Lipinski definition) is 0. The fourth-order valence-corrected chi connectivity index (χ4v) is 10.1. The molecule has 0 fully saturated rings. The van der Waals surface area contributed by atoms with Crippen molar-refractivity contribution in [3.05, 3.63) is 192 Å². The average Bonchev–Trinajstić information content (AvgIpc) is 3.75. The van der Waals surface area contributed by atoms with Crippen molar-refractivity contribution in [3.8, 4) is 0 Å². The number of anilines is 3. The van der Waals surface area contributed by atoms with Gasteiger partial charge in [0.05, 0.1) is 5.69 Å². The van der Waals surface area contributed by atoms with Crippen molar-refractivity contribution in [3.63, 3.8) is 0 Å². The van der Waals surface area contributed by atoms with Crippen molar-refractivity contribution < 1.29 is 0 Å². The third-order valence-corrected chi connectivity index (χ3v) is 12.8. The molecule has 0 N–H and O–H groups in total. The lowest BCUT2D eigenvalue weighted by molar-refractivity contribution is 0.771. The molecule has 0 saturated carbocycles. The normalized spacial score (nSPS) is 14.4. The molecule has 248 valence electrons. The molecule has 0 aliphatic heterocycles. The van der Waals surface area contributed by atoms with E-state index in [1.165, 1.54) is 85.1 Å². The highest BCUT2D eigenvalue weighted by atomic mass is 32.1. The molecule has 10 rings (SSSR count). The second kappa shape index (κ2) is 12.8. The van der Waals surface area contributed by atoms with Crippen LogP contribution in [0.4, 0.5) is 17.1 Å². The van der Waals surface area contributed by atoms with Gasteiger partial charge in [-0.25, -0.2) is 0 Å². The van der Waals surface area contributed by atoms with E-state index >= 15 is 0 Å². The first-order valence-electron chi connectivity index (χ1n) is 18.0. The largest absolute Gasteiger partial charge is 0.310 e. The Morgan fingerprint density at radius 1 is 0.558 bits per heavy atom. The van der Waals surface area contributed by atoms with Crippen LogP contribution in [0.2, 0.25) is 0 Å². The third kappa shape index (κ3) is 5.36. The van der Waals surface area contributed by atoms with Gasteiger partial charge >= 0.3 is 0 Å². The minimum atomic E-state index is 0.502. The second-order valence-electron chi connectivity index (χ2n) is 13.8. The summed E-state index contributed by atoms with van der Waals surface area (Å²) in [5.41, 5.74) is 11.2. The van der Waals surface area contributed by atoms with Crippen molar-refractivity contribution in [2.45, 2.75) is 19.3 Å². The molecule has 1 aliphatic carbocycles. The molecule has 0 bridgehead atoms. The van der Waals surface area contributed by atoms with Gasteiger partial charge < -0.3 is 4.90 Å². The Morgan fingerprint density at radius 2 is 1.23 bits per heavy atom. The van der Waals surface area contributed by atoms with Crippen LogP contribution in [0.1, 0.15) is 47.1 Å². The summed E-state index contributed by atoms with van der Waals surface area (Å²) in [6.45, 7) is 2.33. The monoisotopic (exact) mass is 701 g/mol. The Kier molecular flexibility index (Phi) is 7.63. The number of nitrogens with zero attached hydrogens (tertiary/aromatic N) is 1. The van der Waals surface area contributed by atoms with Crippen molar-refractivity contribution >= 4 is 97.8 Å². The lowest BCUT2D eigenvalue weighted by atomic mass is 9.87. The molecule has 0 spiro atoms. The Morgan fingerprint density at radius 3 is 2.10 bits per heavy atom. The molecular weight excluding hydrogens is 667 g/mol. The Balaban J connectivity index is 1.12. The highest BCUT2D eigenvalue weighted by molar-refractivity contribution is 7.26. The van der Waals surface area contributed by atoms with Crippen LogP contribution in [0.15, 0.2) is 164 Å². The van der Waals surface area contributed by atoms with E-state index in [1.807, 2.05) is 22.7 Å². The van der Waals surface area contributed by atoms with Crippen LogP contribution >= 0.6 is 22.7 Å². The second-order valence-corrected chi connectivity index (χ2v) is 15.9. The maximum atomic E-state index is 2.43. The van der Waals surface area contributed by atoms with Crippen LogP contribution in [0.25, 0.3) is 58.1 Å². The summed E-state index contributed by atoms with van der Waals surface area (Å²) in [6, 6.07) is 58.1. The van der Waals surface area contributed by atoms with Crippen LogP contribution in [0.3, 0.4) is 0 Å². The molecule has 1 unspecified atom stereocenters. The van der Waals surface area contributed by atoms with E-state index in [4.69, 9.17) is 0 Å². The van der Waals surface area contributed by atoms with Gasteiger partial charge in [-0.2, -0.15) is 0 Å². The number of allylic oxidation sites excluding steroid dienone is 1. The van der Waals surface area contributed by atoms with Crippen LogP contribution in [-0.2, 0) is 0 Å². The zero-order valence-electron chi connectivity index (χ0n) is 28.8. The summed E-state index contributed by atoms with van der Waals surface area (Å²) < 4.78 is 5.25. The topological polar surface area (TPSA) is 3.24 Å². The average molecular weight is 702 g/mol. The number of benzene rings is 7. The fraction of sp³-hybridized carbons (Fsp3) is 0.0612. The van der Waals surface area contributed by atoms with Gasteiger partial charge in [0.1, 0.15) is 0 Å². The van der Waals surface area contributed by atoms with Crippen LogP contribution in [0.5, 0.6) is 0 Å². The molecule has 9 aromatic rings. The van der Waals surface area contributed by atoms with Gasteiger partial charge in [0.15, 0.2) is 0 Å². The van der Waals surface area contributed by atoms with Gasteiger partial charge in [0.2, 0.25) is 0 Å². The number of thiophene rings is 2. The first kappa shape index (κ1) is 31.0. The molecule has 1 aliphatic rings. The lowest BCUT2D eigenvalue weighted by Gasteiger charge is -2.30. The van der Waals surface area contributed by atoms with E-state index in [-0.39, 0.29) is 0 Å². The third-order valence-electron chi connectivity index (χ3n) is 10.5. The zero-order chi connectivity index (χ0) is 34.6. The van der Waals surface area contributed by atoms with E-state index in [0.717, 1.165) is 12.1 Å². The number of rotatable bonds is 6. The van der Waals surface area contributed by atoms with Gasteiger partial charge in [-0.15, -0.1) is 22.7 Å². The summed E-state index contributed by atoms with van der Waals surface area (Å²) >= 11 is 3.75. The molecular formula is C49H35NS2. The Bertz CT molecular complexity index is 2840. The number of para-hydroxylation sites is 1. The van der Waals surface area contributed by atoms with Gasteiger partial charge in [-0.3, -0.25) is 0 Å². The predicted molar refractivity (Wildman–Crippen MR) is 229 cm³/mol. The van der Waals surface area contributed by atoms with E-state index in [9.17, 15) is 0 Å². The molecule has 7 aromatic carbocycles. The zero-order valence-corrected chi connectivity index (χ0v) is 30.4. The summed E-state index contributed by atoms with van der Waals surface area (Å²) in [6.07, 6.45) is 8.07. The summed E-state index contributed by atoms with van der Waals surface area (Å²) in [4.78, 5) is 2.43. The van der Waals surface area contributed by atoms with Crippen molar-refractivity contribution in [2.24, 2.45) is 0 Å². The summed E-state index contributed by atoms with van der Waals surface area (Å²) in [5.74, 6) is 0.502. The van der Waals surface area contributed by atoms with Crippen LogP contribution < -0.4 is 4.90 Å². The molecule has 2 heterocycles. The van der Waals surface area contributed by atoms with Gasteiger partial charge in [-0.05, 0) is 107 Å². The molecule has 0 radical (unpaired) electrons. The fourth-order valence-electron chi connectivity index (χ4n) is 7.91. The number of hydrogen-bond acceptors (Lipinski definition) is 3. The standard InChI is InChI=1S/C49H35NS2/c1-32-12-10-19-39-38(32)18-11-20-45(39)50(36-15-6-3-7-16-36)37-24-27-48-44(31-37)41-25-22-35(30-49(41)52-48)42(28-33-13-4-2-5-14-33)34-23-26-47-43(29-34)40-17-8-9-21-46(40)51-47/h2-11,13-32H,12H2,1H3/b42-28+. The van der Waals surface area contributed by atoms with E-state index in [0.29, 0.717) is 5.92 Å². The summed E-state index contributed by atoms with van der Waals surface area (Å²) in [7, 11) is 0. The Hall–Kier alpha value is -5.74. The minimum Gasteiger partial charge on any atom is -0.310 e. The molecule has 0 saturated heterocycles. The first-order valence-corrected chi connectivity index (χ1v) is 19.6. The highest BCUT2D eigenvalue weighted by Gasteiger charge is 2.22. The van der Waals surface area contributed by atoms with Crippen molar-refractivity contribution in [2.75, 3.05) is 4.90 Å². The molecule has 0 amide bonds. The molecule has 2 aromatic heterocycles. The van der Waals surface area contributed by atoms with Gasteiger partial charge in [0.25, 0.3) is 0 Å². The van der Waals surface area contributed by atoms with Crippen molar-refractivity contribution in [1.29, 1.82) is 0 Å². The first-order chi connectivity index (χ1) is 25.7. The highest BCUT2D eigenvalue weighted by Crippen LogP contribution is 2.45. The quantitative estimate of drug-likeness (QED) is 0.156. The van der Waals surface area contributed by atoms with Gasteiger partial charge in [-0.1, -0.05) is 116 Å². The van der Waals surface area contributed by atoms with Crippen LogP contribution in [0, 0.1) is 0 Å². The maximum absolute atomic E-state index is 2.43. The van der Waals surface area contributed by atoms with E-state index < -0.39 is 0 Å². The molecule has 1 atom stereocenters. The van der Waals surface area contributed by atoms with Crippen LogP contribution in [-0.4, -0.2) is 0 Å². The Labute approximate surface area is 312 Å².